The Morgan fingerprint density at radius 3 is 1.94 bits per heavy atom. The van der Waals surface area contributed by atoms with E-state index in [0.29, 0.717) is 41.1 Å². The van der Waals surface area contributed by atoms with Gasteiger partial charge in [-0.25, -0.2) is 0 Å². The van der Waals surface area contributed by atoms with Crippen LogP contribution in [-0.2, 0) is 13.1 Å². The molecule has 0 fully saturated rings. The molecule has 0 amide bonds. The highest BCUT2D eigenvalue weighted by molar-refractivity contribution is 14.0. The van der Waals surface area contributed by atoms with Gasteiger partial charge in [-0.1, -0.05) is 0 Å². The van der Waals surface area contributed by atoms with Crippen molar-refractivity contribution in [2.75, 3.05) is 35.5 Å². The smallest absolute Gasteiger partial charge is 0.387 e. The van der Waals surface area contributed by atoms with Crippen LogP contribution < -0.4 is 34.3 Å². The molecule has 0 saturated heterocycles. The molecule has 0 radical (unpaired) electrons. The molecule has 2 aromatic rings. The fourth-order valence-corrected chi connectivity index (χ4v) is 2.86. The molecule has 0 aliphatic heterocycles. The summed E-state index contributed by atoms with van der Waals surface area (Å²) >= 11 is 0. The van der Waals surface area contributed by atoms with Crippen molar-refractivity contribution in [2.24, 2.45) is 4.99 Å². The SMILES string of the molecule is CN=C(NCc1cc(OC)ccc1OC(F)F)NCc1c(OC)cc(OC)cc1OC.I. The Labute approximate surface area is 203 Å². The molecular formula is C21H28F2IN3O5. The van der Waals surface area contributed by atoms with Crippen LogP contribution in [0.25, 0.3) is 0 Å². The Balaban J connectivity index is 0.00000512. The molecule has 32 heavy (non-hydrogen) atoms. The highest BCUT2D eigenvalue weighted by Crippen LogP contribution is 2.34. The highest BCUT2D eigenvalue weighted by Gasteiger charge is 2.15. The second kappa shape index (κ2) is 13.7. The van der Waals surface area contributed by atoms with Crippen molar-refractivity contribution in [3.8, 4) is 28.7 Å². The first-order chi connectivity index (χ1) is 14.9. The number of nitrogens with one attached hydrogen (secondary N) is 2. The maximum atomic E-state index is 12.7. The molecule has 0 spiro atoms. The van der Waals surface area contributed by atoms with Crippen LogP contribution in [0.4, 0.5) is 8.78 Å². The van der Waals surface area contributed by atoms with E-state index in [1.807, 2.05) is 0 Å². The van der Waals surface area contributed by atoms with Crippen molar-refractivity contribution in [3.63, 3.8) is 0 Å². The monoisotopic (exact) mass is 567 g/mol. The normalized spacial score (nSPS) is 10.8. The fraction of sp³-hybridized carbons (Fsp3) is 0.381. The molecule has 0 bridgehead atoms. The van der Waals surface area contributed by atoms with E-state index in [-0.39, 0.29) is 36.3 Å². The first kappa shape index (κ1) is 27.3. The minimum absolute atomic E-state index is 0. The van der Waals surface area contributed by atoms with Crippen molar-refractivity contribution in [1.82, 2.24) is 10.6 Å². The lowest BCUT2D eigenvalue weighted by Gasteiger charge is -2.18. The van der Waals surface area contributed by atoms with Crippen molar-refractivity contribution in [1.29, 1.82) is 0 Å². The summed E-state index contributed by atoms with van der Waals surface area (Å²) in [5.41, 5.74) is 1.25. The molecule has 0 aliphatic carbocycles. The van der Waals surface area contributed by atoms with E-state index in [4.69, 9.17) is 18.9 Å². The number of rotatable bonds is 10. The van der Waals surface area contributed by atoms with Crippen LogP contribution in [-0.4, -0.2) is 48.1 Å². The van der Waals surface area contributed by atoms with Crippen molar-refractivity contribution >= 4 is 29.9 Å². The molecule has 2 N–H and O–H groups in total. The van der Waals surface area contributed by atoms with Gasteiger partial charge in [0.15, 0.2) is 5.96 Å². The number of halogens is 3. The molecule has 178 valence electrons. The van der Waals surface area contributed by atoms with Gasteiger partial charge in [-0.15, -0.1) is 24.0 Å². The molecule has 2 rings (SSSR count). The quantitative estimate of drug-likeness (QED) is 0.257. The molecule has 0 unspecified atom stereocenters. The second-order valence-corrected chi connectivity index (χ2v) is 6.14. The number of hydrogen-bond acceptors (Lipinski definition) is 6. The number of guanidine groups is 1. The highest BCUT2D eigenvalue weighted by atomic mass is 127. The van der Waals surface area contributed by atoms with E-state index in [9.17, 15) is 8.78 Å². The molecule has 11 heteroatoms. The summed E-state index contributed by atoms with van der Waals surface area (Å²) in [6, 6.07) is 8.11. The third kappa shape index (κ3) is 7.46. The fourth-order valence-electron chi connectivity index (χ4n) is 2.86. The van der Waals surface area contributed by atoms with Gasteiger partial charge in [0.25, 0.3) is 0 Å². The second-order valence-electron chi connectivity index (χ2n) is 6.14. The Hall–Kier alpha value is -2.70. The zero-order valence-electron chi connectivity index (χ0n) is 18.5. The Morgan fingerprint density at radius 1 is 0.844 bits per heavy atom. The summed E-state index contributed by atoms with van der Waals surface area (Å²) in [5.74, 6) is 2.78. The molecule has 8 nitrogen and oxygen atoms in total. The zero-order chi connectivity index (χ0) is 22.8. The lowest BCUT2D eigenvalue weighted by molar-refractivity contribution is -0.0505. The van der Waals surface area contributed by atoms with E-state index >= 15 is 0 Å². The predicted octanol–water partition coefficient (Wildman–Crippen LogP) is 3.81. The number of nitrogens with zero attached hydrogens (tertiary/aromatic N) is 1. The van der Waals surface area contributed by atoms with E-state index in [2.05, 4.69) is 20.4 Å². The summed E-state index contributed by atoms with van der Waals surface area (Å²) < 4.78 is 51.3. The van der Waals surface area contributed by atoms with Crippen LogP contribution >= 0.6 is 24.0 Å². The first-order valence-electron chi connectivity index (χ1n) is 9.30. The van der Waals surface area contributed by atoms with Crippen LogP contribution in [0.5, 0.6) is 28.7 Å². The van der Waals surface area contributed by atoms with Gasteiger partial charge < -0.3 is 34.3 Å². The van der Waals surface area contributed by atoms with Crippen LogP contribution in [0, 0.1) is 0 Å². The van der Waals surface area contributed by atoms with Crippen LogP contribution in [0.2, 0.25) is 0 Å². The Morgan fingerprint density at radius 2 is 1.44 bits per heavy atom. The Kier molecular flexibility index (Phi) is 11.7. The van der Waals surface area contributed by atoms with Gasteiger partial charge in [0.05, 0.1) is 40.5 Å². The lowest BCUT2D eigenvalue weighted by Crippen LogP contribution is -2.36. The largest absolute Gasteiger partial charge is 0.497 e. The molecule has 0 saturated carbocycles. The molecule has 0 heterocycles. The number of alkyl halides is 2. The maximum absolute atomic E-state index is 12.7. The van der Waals surface area contributed by atoms with E-state index in [1.165, 1.54) is 13.2 Å². The summed E-state index contributed by atoms with van der Waals surface area (Å²) in [6.07, 6.45) is 0. The standard InChI is InChI=1S/C21H27F2N3O5.HI/c1-24-21(25-11-13-8-14(27-2)6-7-17(13)31-20(22)23)26-12-16-18(29-4)9-15(28-3)10-19(16)30-5;/h6-10,20H,11-12H2,1-5H3,(H2,24,25,26);1H. The van der Waals surface area contributed by atoms with Crippen molar-refractivity contribution in [2.45, 2.75) is 19.7 Å². The van der Waals surface area contributed by atoms with Crippen molar-refractivity contribution in [3.05, 3.63) is 41.5 Å². The third-order valence-corrected chi connectivity index (χ3v) is 4.40. The van der Waals surface area contributed by atoms with E-state index < -0.39 is 6.61 Å². The molecular weight excluding hydrogens is 539 g/mol. The van der Waals surface area contributed by atoms with Crippen LogP contribution in [0.3, 0.4) is 0 Å². The topological polar surface area (TPSA) is 82.6 Å². The van der Waals surface area contributed by atoms with Gasteiger partial charge >= 0.3 is 6.61 Å². The molecule has 0 aromatic heterocycles. The maximum Gasteiger partial charge on any atom is 0.387 e. The summed E-state index contributed by atoms with van der Waals surface area (Å²) in [7, 11) is 7.76. The number of aliphatic imine (C=N–C) groups is 1. The third-order valence-electron chi connectivity index (χ3n) is 4.40. The number of hydrogen-bond donors (Lipinski definition) is 2. The summed E-state index contributed by atoms with van der Waals surface area (Å²) in [4.78, 5) is 4.16. The van der Waals surface area contributed by atoms with Crippen LogP contribution in [0.1, 0.15) is 11.1 Å². The summed E-state index contributed by atoms with van der Waals surface area (Å²) in [6.45, 7) is -2.43. The van der Waals surface area contributed by atoms with Gasteiger partial charge in [-0.3, -0.25) is 4.99 Å². The molecule has 0 aliphatic rings. The number of ether oxygens (including phenoxy) is 5. The first-order valence-corrected chi connectivity index (χ1v) is 9.30. The zero-order valence-corrected chi connectivity index (χ0v) is 20.9. The van der Waals surface area contributed by atoms with E-state index in [0.717, 1.165) is 5.56 Å². The minimum atomic E-state index is -2.93. The van der Waals surface area contributed by atoms with Gasteiger partial charge in [-0.2, -0.15) is 8.78 Å². The van der Waals surface area contributed by atoms with Gasteiger partial charge in [0.1, 0.15) is 28.7 Å². The van der Waals surface area contributed by atoms with Crippen molar-refractivity contribution < 1.29 is 32.5 Å². The number of methoxy groups -OCH3 is 4. The molecule has 2 aromatic carbocycles. The Bertz CT molecular complexity index is 875. The lowest BCUT2D eigenvalue weighted by atomic mass is 10.1. The van der Waals surface area contributed by atoms with Gasteiger partial charge in [-0.05, 0) is 18.2 Å². The summed E-state index contributed by atoms with van der Waals surface area (Å²) in [5, 5.41) is 6.22. The van der Waals surface area contributed by atoms with Gasteiger partial charge in [0, 0.05) is 31.3 Å². The average molecular weight is 567 g/mol. The average Bonchev–Trinajstić information content (AvgIpc) is 2.79. The molecule has 0 atom stereocenters. The van der Waals surface area contributed by atoms with Crippen LogP contribution in [0.15, 0.2) is 35.3 Å². The van der Waals surface area contributed by atoms with Gasteiger partial charge in [0.2, 0.25) is 0 Å². The van der Waals surface area contributed by atoms with E-state index in [1.54, 1.807) is 52.6 Å². The predicted molar refractivity (Wildman–Crippen MR) is 128 cm³/mol. The number of benzene rings is 2. The minimum Gasteiger partial charge on any atom is -0.497 e.